The maximum atomic E-state index is 13.7. The summed E-state index contributed by atoms with van der Waals surface area (Å²) in [6, 6.07) is 6.73. The van der Waals surface area contributed by atoms with Crippen LogP contribution in [0.1, 0.15) is 62.3 Å². The van der Waals surface area contributed by atoms with Crippen molar-refractivity contribution in [2.24, 2.45) is 5.92 Å². The van der Waals surface area contributed by atoms with E-state index in [1.54, 1.807) is 39.0 Å². The van der Waals surface area contributed by atoms with Crippen molar-refractivity contribution in [1.82, 2.24) is 24.6 Å². The van der Waals surface area contributed by atoms with Gasteiger partial charge in [0, 0.05) is 30.3 Å². The van der Waals surface area contributed by atoms with Gasteiger partial charge in [-0.25, -0.2) is 9.59 Å². The fourth-order valence-corrected chi connectivity index (χ4v) is 6.24. The van der Waals surface area contributed by atoms with Crippen molar-refractivity contribution in [1.29, 1.82) is 0 Å². The lowest BCUT2D eigenvalue weighted by atomic mass is 9.89. The van der Waals surface area contributed by atoms with Gasteiger partial charge in [0.15, 0.2) is 5.69 Å². The second kappa shape index (κ2) is 18.9. The lowest BCUT2D eigenvalue weighted by Gasteiger charge is -2.38. The summed E-state index contributed by atoms with van der Waals surface area (Å²) < 4.78 is 105. The number of hydrogen-bond donors (Lipinski definition) is 2. The van der Waals surface area contributed by atoms with Crippen molar-refractivity contribution < 1.29 is 54.9 Å². The van der Waals surface area contributed by atoms with Gasteiger partial charge in [-0.1, -0.05) is 12.0 Å². The summed E-state index contributed by atoms with van der Waals surface area (Å²) in [5.41, 5.74) is -1.38. The Morgan fingerprint density at radius 1 is 1.04 bits per heavy atom. The number of esters is 1. The predicted molar refractivity (Wildman–Crippen MR) is 192 cm³/mol. The second-order valence-electron chi connectivity index (χ2n) is 14.0. The molecule has 1 aliphatic rings. The Hall–Kier alpha value is -4.47. The molecule has 0 bridgehead atoms. The zero-order valence-electron chi connectivity index (χ0n) is 31.5. The number of nitrogens with zero attached hydrogens (tertiary/aromatic N) is 4. The lowest BCUT2D eigenvalue weighted by Crippen LogP contribution is -2.45. The second-order valence-corrected chi connectivity index (χ2v) is 14.0. The van der Waals surface area contributed by atoms with Crippen LogP contribution in [0.2, 0.25) is 0 Å². The van der Waals surface area contributed by atoms with Crippen LogP contribution in [0.3, 0.4) is 0 Å². The summed E-state index contributed by atoms with van der Waals surface area (Å²) in [6.07, 6.45) is -7.73. The van der Waals surface area contributed by atoms with Crippen molar-refractivity contribution in [3.8, 4) is 11.8 Å². The molecule has 2 N–H and O–H groups in total. The van der Waals surface area contributed by atoms with Crippen LogP contribution in [0.5, 0.6) is 0 Å². The molecular formula is C37H48F6N6O6. The van der Waals surface area contributed by atoms with Gasteiger partial charge in [-0.05, 0) is 84.2 Å². The molecule has 55 heavy (non-hydrogen) atoms. The Morgan fingerprint density at radius 3 is 2.44 bits per heavy atom. The van der Waals surface area contributed by atoms with E-state index in [4.69, 9.17) is 18.9 Å². The molecule has 1 amide bonds. The van der Waals surface area contributed by atoms with Gasteiger partial charge in [-0.2, -0.15) is 31.4 Å². The summed E-state index contributed by atoms with van der Waals surface area (Å²) in [4.78, 5) is 26.1. The summed E-state index contributed by atoms with van der Waals surface area (Å²) in [7, 11) is 2.01. The van der Waals surface area contributed by atoms with Crippen LogP contribution in [0.25, 0.3) is 10.9 Å². The fraction of sp³-hybridized carbons (Fsp3) is 0.595. The van der Waals surface area contributed by atoms with E-state index in [0.29, 0.717) is 34.3 Å². The van der Waals surface area contributed by atoms with E-state index in [-0.39, 0.29) is 57.2 Å². The molecule has 0 spiro atoms. The molecule has 2 atom stereocenters. The average Bonchev–Trinajstić information content (AvgIpc) is 3.66. The molecule has 0 saturated carbocycles. The predicted octanol–water partition coefficient (Wildman–Crippen LogP) is 6.33. The number of rotatable bonds is 15. The van der Waals surface area contributed by atoms with Gasteiger partial charge in [0.1, 0.15) is 17.7 Å². The van der Waals surface area contributed by atoms with Crippen LogP contribution in [0.15, 0.2) is 30.5 Å². The highest BCUT2D eigenvalue weighted by Gasteiger charge is 2.40. The van der Waals surface area contributed by atoms with Gasteiger partial charge >= 0.3 is 24.4 Å². The number of nitrogens with one attached hydrogen (secondary N) is 2. The zero-order valence-corrected chi connectivity index (χ0v) is 31.5. The van der Waals surface area contributed by atoms with E-state index in [0.717, 1.165) is 30.3 Å². The molecule has 1 fully saturated rings. The summed E-state index contributed by atoms with van der Waals surface area (Å²) in [5, 5.41) is 10.3. The summed E-state index contributed by atoms with van der Waals surface area (Å²) in [5.74, 6) is 4.53. The Balaban J connectivity index is 1.34. The minimum atomic E-state index is -4.81. The molecular weight excluding hydrogens is 738 g/mol. The third-order valence-corrected chi connectivity index (χ3v) is 8.55. The largest absolute Gasteiger partial charge is 0.462 e. The molecule has 1 aromatic carbocycles. The Morgan fingerprint density at radius 2 is 1.76 bits per heavy atom. The average molecular weight is 787 g/mol. The smallest absolute Gasteiger partial charge is 0.433 e. The van der Waals surface area contributed by atoms with E-state index in [2.05, 4.69) is 32.5 Å². The summed E-state index contributed by atoms with van der Waals surface area (Å²) >= 11 is 0. The number of carbonyl (C=O) groups excluding carboxylic acids is 2. The Bertz CT molecular complexity index is 1810. The number of anilines is 1. The molecule has 0 aliphatic carbocycles. The number of alkyl carbamates (subject to hydrolysis) is 1. The maximum absolute atomic E-state index is 13.7. The lowest BCUT2D eigenvalue weighted by molar-refractivity contribution is -0.145. The fourth-order valence-electron chi connectivity index (χ4n) is 6.24. The van der Waals surface area contributed by atoms with Crippen LogP contribution in [0.4, 0.5) is 36.8 Å². The van der Waals surface area contributed by atoms with Crippen LogP contribution >= 0.6 is 0 Å². The molecule has 2 aromatic heterocycles. The first-order valence-electron chi connectivity index (χ1n) is 17.9. The van der Waals surface area contributed by atoms with Crippen LogP contribution in [-0.2, 0) is 38.2 Å². The first-order valence-corrected chi connectivity index (χ1v) is 17.9. The minimum absolute atomic E-state index is 0.0171. The van der Waals surface area contributed by atoms with Crippen molar-refractivity contribution in [2.75, 3.05) is 65.0 Å². The van der Waals surface area contributed by atoms with Gasteiger partial charge in [0.2, 0.25) is 0 Å². The molecule has 12 nitrogen and oxygen atoms in total. The van der Waals surface area contributed by atoms with Crippen LogP contribution in [0, 0.1) is 17.8 Å². The number of likely N-dealkylation sites (tertiary alicyclic amines) is 1. The van der Waals surface area contributed by atoms with E-state index in [1.165, 1.54) is 6.92 Å². The number of hydrogen-bond acceptors (Lipinski definition) is 9. The number of halogens is 6. The topological polar surface area (TPSA) is 121 Å². The molecule has 304 valence electrons. The van der Waals surface area contributed by atoms with E-state index >= 15 is 0 Å². The van der Waals surface area contributed by atoms with Crippen LogP contribution in [-0.4, -0.2) is 109 Å². The number of piperidine rings is 1. The molecule has 0 radical (unpaired) electrons. The maximum Gasteiger partial charge on any atom is 0.433 e. The SMILES string of the molecule is CCOC(=O)c1cnn(CCOCCOCC[C@H]2CN(C)CC[C@@H]2Nc2cccc3c2cc(C#CCNC(=O)OC(C)(C)C)n3CC(F)(F)F)c1C(F)(F)F. The van der Waals surface area contributed by atoms with Gasteiger partial charge in [0.25, 0.3) is 0 Å². The van der Waals surface area contributed by atoms with E-state index in [9.17, 15) is 35.9 Å². The number of aromatic nitrogens is 3. The molecule has 18 heteroatoms. The number of amides is 1. The van der Waals surface area contributed by atoms with Crippen molar-refractivity contribution >= 4 is 28.7 Å². The normalized spacial score (nSPS) is 16.8. The highest BCUT2D eigenvalue weighted by Crippen LogP contribution is 2.34. The quantitative estimate of drug-likeness (QED) is 0.0789. The molecule has 1 saturated heterocycles. The number of benzene rings is 1. The number of fused-ring (bicyclic) bond motifs is 1. The molecule has 4 rings (SSSR count). The number of alkyl halides is 6. The minimum Gasteiger partial charge on any atom is -0.462 e. The number of carbonyl (C=O) groups is 2. The number of ether oxygens (including phenoxy) is 4. The van der Waals surface area contributed by atoms with Crippen molar-refractivity contribution in [3.63, 3.8) is 0 Å². The molecule has 1 aliphatic heterocycles. The Kier molecular flexibility index (Phi) is 14.9. The monoisotopic (exact) mass is 786 g/mol. The Labute approximate surface area is 315 Å². The molecule has 3 aromatic rings. The van der Waals surface area contributed by atoms with E-state index in [1.807, 2.05) is 13.1 Å². The third kappa shape index (κ3) is 13.1. The molecule has 3 heterocycles. The highest BCUT2D eigenvalue weighted by atomic mass is 19.4. The highest BCUT2D eigenvalue weighted by molar-refractivity contribution is 5.94. The van der Waals surface area contributed by atoms with Gasteiger partial charge < -0.3 is 39.0 Å². The van der Waals surface area contributed by atoms with Crippen molar-refractivity contribution in [3.05, 3.63) is 47.4 Å². The van der Waals surface area contributed by atoms with Gasteiger partial charge in [-0.15, -0.1) is 0 Å². The van der Waals surface area contributed by atoms with Gasteiger partial charge in [0.05, 0.1) is 56.9 Å². The molecule has 0 unspecified atom stereocenters. The standard InChI is InChI=1S/C37H48F6N6O6/c1-6-54-33(50)28-22-45-49(32(28)37(41,42)43)16-18-53-20-19-52-17-13-25-23-47(5)15-12-29(25)46-30-10-7-11-31-27(30)21-26(48(31)24-36(38,39)40)9-8-14-44-34(51)55-35(2,3)4/h7,10-11,21-22,25,29,46H,6,12-20,23-24H2,1-5H3,(H,44,51)/t25-,29-/m0/s1. The van der Waals surface area contributed by atoms with Crippen molar-refractivity contribution in [2.45, 2.75) is 77.6 Å². The van der Waals surface area contributed by atoms with E-state index < -0.39 is 47.8 Å². The zero-order chi connectivity index (χ0) is 40.4. The van der Waals surface area contributed by atoms with Gasteiger partial charge in [-0.3, -0.25) is 4.68 Å². The van der Waals surface area contributed by atoms with Crippen LogP contribution < -0.4 is 10.6 Å². The summed E-state index contributed by atoms with van der Waals surface area (Å²) in [6.45, 7) is 7.13. The third-order valence-electron chi connectivity index (χ3n) is 8.55. The first kappa shape index (κ1) is 43.3. The first-order chi connectivity index (χ1) is 25.9.